The fourth-order valence-corrected chi connectivity index (χ4v) is 1.00. The lowest BCUT2D eigenvalue weighted by Gasteiger charge is -2.02. The summed E-state index contributed by atoms with van der Waals surface area (Å²) in [5.74, 6) is 0. The van der Waals surface area contributed by atoms with E-state index in [2.05, 4.69) is 0 Å². The second-order valence-electron chi connectivity index (χ2n) is 2.57. The Balaban J connectivity index is 3.32. The van der Waals surface area contributed by atoms with Gasteiger partial charge in [0, 0.05) is 13.2 Å². The lowest BCUT2D eigenvalue weighted by molar-refractivity contribution is 0.846. The molecule has 2 N–H and O–H groups in total. The molecule has 0 radical (unpaired) electrons. The molecule has 0 saturated heterocycles. The molecule has 0 fully saturated rings. The molecule has 0 aliphatic carbocycles. The monoisotopic (exact) mass is 152 g/mol. The van der Waals surface area contributed by atoms with Gasteiger partial charge in [0.05, 0.1) is 5.69 Å². The molecular weight excluding hydrogens is 140 g/mol. The zero-order chi connectivity index (χ0) is 8.43. The molecule has 11 heavy (non-hydrogen) atoms. The Hall–Kier alpha value is -1.25. The Morgan fingerprint density at radius 3 is 2.73 bits per heavy atom. The van der Waals surface area contributed by atoms with Crippen LogP contribution in [0.4, 0.5) is 5.69 Å². The summed E-state index contributed by atoms with van der Waals surface area (Å²) in [4.78, 5) is 11.1. The van der Waals surface area contributed by atoms with Crippen molar-refractivity contribution < 1.29 is 0 Å². The zero-order valence-corrected chi connectivity index (χ0v) is 6.79. The summed E-state index contributed by atoms with van der Waals surface area (Å²) in [5, 5.41) is 0. The summed E-state index contributed by atoms with van der Waals surface area (Å²) in [7, 11) is 1.71. The summed E-state index contributed by atoms with van der Waals surface area (Å²) >= 11 is 0. The van der Waals surface area contributed by atoms with Gasteiger partial charge in [0.2, 0.25) is 0 Å². The number of rotatable bonds is 1. The van der Waals surface area contributed by atoms with Crippen molar-refractivity contribution in [2.45, 2.75) is 13.3 Å². The van der Waals surface area contributed by atoms with E-state index in [4.69, 9.17) is 5.73 Å². The lowest BCUT2D eigenvalue weighted by atomic mass is 10.2. The smallest absolute Gasteiger partial charge is 0.273 e. The van der Waals surface area contributed by atoms with Crippen molar-refractivity contribution in [3.8, 4) is 0 Å². The van der Waals surface area contributed by atoms with Gasteiger partial charge in [-0.25, -0.2) is 0 Å². The van der Waals surface area contributed by atoms with Crippen LogP contribution in [0, 0.1) is 0 Å². The molecule has 60 valence electrons. The number of hydrogen-bond acceptors (Lipinski definition) is 2. The number of aromatic nitrogens is 1. The van der Waals surface area contributed by atoms with Gasteiger partial charge in [0.1, 0.15) is 0 Å². The van der Waals surface area contributed by atoms with Gasteiger partial charge < -0.3 is 10.3 Å². The van der Waals surface area contributed by atoms with Crippen LogP contribution in [-0.2, 0) is 13.5 Å². The van der Waals surface area contributed by atoms with Gasteiger partial charge in [0.25, 0.3) is 5.56 Å². The predicted octanol–water partition coefficient (Wildman–Crippen LogP) is 0.530. The third-order valence-corrected chi connectivity index (χ3v) is 1.68. The number of hydrogen-bond donors (Lipinski definition) is 1. The van der Waals surface area contributed by atoms with Crippen molar-refractivity contribution in [3.63, 3.8) is 0 Å². The molecule has 0 spiro atoms. The van der Waals surface area contributed by atoms with Gasteiger partial charge in [0.15, 0.2) is 0 Å². The molecule has 0 saturated carbocycles. The highest BCUT2D eigenvalue weighted by Gasteiger charge is 1.97. The second kappa shape index (κ2) is 2.78. The number of pyridine rings is 1. The largest absolute Gasteiger partial charge is 0.394 e. The van der Waals surface area contributed by atoms with E-state index in [9.17, 15) is 4.79 Å². The van der Waals surface area contributed by atoms with Crippen molar-refractivity contribution in [2.75, 3.05) is 5.73 Å². The number of aryl methyl sites for hydroxylation is 2. The Kier molecular flexibility index (Phi) is 1.98. The minimum atomic E-state index is -0.123. The topological polar surface area (TPSA) is 48.0 Å². The SMILES string of the molecule is CCc1cc(N)c(=O)n(C)c1. The first kappa shape index (κ1) is 7.85. The van der Waals surface area contributed by atoms with Gasteiger partial charge in [-0.15, -0.1) is 0 Å². The van der Waals surface area contributed by atoms with Gasteiger partial charge >= 0.3 is 0 Å². The minimum absolute atomic E-state index is 0.123. The van der Waals surface area contributed by atoms with E-state index >= 15 is 0 Å². The van der Waals surface area contributed by atoms with E-state index in [1.807, 2.05) is 6.92 Å². The number of anilines is 1. The Morgan fingerprint density at radius 1 is 1.64 bits per heavy atom. The second-order valence-corrected chi connectivity index (χ2v) is 2.57. The van der Waals surface area contributed by atoms with Crippen molar-refractivity contribution in [1.29, 1.82) is 0 Å². The highest BCUT2D eigenvalue weighted by Crippen LogP contribution is 2.00. The maximum atomic E-state index is 11.1. The molecule has 0 aliphatic heterocycles. The van der Waals surface area contributed by atoms with E-state index in [0.29, 0.717) is 5.69 Å². The molecule has 0 bridgehead atoms. The average molecular weight is 152 g/mol. The molecule has 1 aromatic heterocycles. The van der Waals surface area contributed by atoms with E-state index in [0.717, 1.165) is 12.0 Å². The van der Waals surface area contributed by atoms with Gasteiger partial charge in [-0.3, -0.25) is 4.79 Å². The Labute approximate surface area is 65.5 Å². The van der Waals surface area contributed by atoms with Crippen LogP contribution in [0.2, 0.25) is 0 Å². The summed E-state index contributed by atoms with van der Waals surface area (Å²) in [5.41, 5.74) is 6.75. The van der Waals surface area contributed by atoms with E-state index in [-0.39, 0.29) is 5.56 Å². The number of nitrogens with two attached hydrogens (primary N) is 1. The summed E-state index contributed by atoms with van der Waals surface area (Å²) in [6.07, 6.45) is 2.71. The molecule has 3 heteroatoms. The van der Waals surface area contributed by atoms with E-state index in [1.54, 1.807) is 19.3 Å². The predicted molar refractivity (Wildman–Crippen MR) is 45.5 cm³/mol. The third kappa shape index (κ3) is 1.42. The molecule has 0 atom stereocenters. The van der Waals surface area contributed by atoms with Crippen LogP contribution >= 0.6 is 0 Å². The van der Waals surface area contributed by atoms with Crippen LogP contribution in [0.1, 0.15) is 12.5 Å². The van der Waals surface area contributed by atoms with Gasteiger partial charge in [-0.05, 0) is 18.1 Å². The van der Waals surface area contributed by atoms with Crippen LogP contribution in [0.25, 0.3) is 0 Å². The van der Waals surface area contributed by atoms with Gasteiger partial charge in [-0.1, -0.05) is 6.92 Å². The molecule has 3 nitrogen and oxygen atoms in total. The van der Waals surface area contributed by atoms with E-state index in [1.165, 1.54) is 4.57 Å². The highest BCUT2D eigenvalue weighted by molar-refractivity contribution is 5.37. The van der Waals surface area contributed by atoms with Crippen molar-refractivity contribution in [1.82, 2.24) is 4.57 Å². The summed E-state index contributed by atoms with van der Waals surface area (Å²) < 4.78 is 1.51. The lowest BCUT2D eigenvalue weighted by Crippen LogP contribution is -2.20. The zero-order valence-electron chi connectivity index (χ0n) is 6.79. The first-order chi connectivity index (χ1) is 5.15. The first-order valence-corrected chi connectivity index (χ1v) is 3.60. The fourth-order valence-electron chi connectivity index (χ4n) is 1.00. The highest BCUT2D eigenvalue weighted by atomic mass is 16.1. The summed E-state index contributed by atoms with van der Waals surface area (Å²) in [6.45, 7) is 2.03. The summed E-state index contributed by atoms with van der Waals surface area (Å²) in [6, 6.07) is 1.72. The fraction of sp³-hybridized carbons (Fsp3) is 0.375. The first-order valence-electron chi connectivity index (χ1n) is 3.60. The molecular formula is C8H12N2O. The van der Waals surface area contributed by atoms with Crippen LogP contribution in [0.5, 0.6) is 0 Å². The normalized spacial score (nSPS) is 10.0. The van der Waals surface area contributed by atoms with Crippen molar-refractivity contribution in [3.05, 3.63) is 28.2 Å². The molecule has 0 amide bonds. The van der Waals surface area contributed by atoms with Crippen LogP contribution in [-0.4, -0.2) is 4.57 Å². The van der Waals surface area contributed by atoms with Crippen LogP contribution < -0.4 is 11.3 Å². The quantitative estimate of drug-likeness (QED) is 0.638. The molecule has 1 heterocycles. The standard InChI is InChI=1S/C8H12N2O/c1-3-6-4-7(9)8(11)10(2)5-6/h4-5H,3,9H2,1-2H3. The maximum Gasteiger partial charge on any atom is 0.273 e. The van der Waals surface area contributed by atoms with Crippen molar-refractivity contribution >= 4 is 5.69 Å². The Bertz CT molecular complexity index is 288. The number of nitrogens with zero attached hydrogens (tertiary/aromatic N) is 1. The van der Waals surface area contributed by atoms with Crippen LogP contribution in [0.15, 0.2) is 17.1 Å². The molecule has 1 aromatic rings. The maximum absolute atomic E-state index is 11.1. The third-order valence-electron chi connectivity index (χ3n) is 1.68. The molecule has 0 aliphatic rings. The average Bonchev–Trinajstić information content (AvgIpc) is 1.99. The van der Waals surface area contributed by atoms with Crippen LogP contribution in [0.3, 0.4) is 0 Å². The van der Waals surface area contributed by atoms with Crippen molar-refractivity contribution in [2.24, 2.45) is 7.05 Å². The number of nitrogen functional groups attached to an aromatic ring is 1. The minimum Gasteiger partial charge on any atom is -0.394 e. The Morgan fingerprint density at radius 2 is 2.27 bits per heavy atom. The van der Waals surface area contributed by atoms with E-state index < -0.39 is 0 Å². The molecule has 0 aromatic carbocycles. The molecule has 0 unspecified atom stereocenters. The van der Waals surface area contributed by atoms with Gasteiger partial charge in [-0.2, -0.15) is 0 Å². The molecule has 1 rings (SSSR count).